The first-order chi connectivity index (χ1) is 17.7. The Kier molecular flexibility index (Phi) is 11.5. The molecule has 37 heavy (non-hydrogen) atoms. The third-order valence-electron chi connectivity index (χ3n) is 5.81. The van der Waals surface area contributed by atoms with Crippen molar-refractivity contribution in [1.82, 2.24) is 20.9 Å². The van der Waals surface area contributed by atoms with Crippen molar-refractivity contribution in [2.75, 3.05) is 13.1 Å². The quantitative estimate of drug-likeness (QED) is 0.123. The van der Waals surface area contributed by atoms with Crippen LogP contribution in [0.3, 0.4) is 0 Å². The summed E-state index contributed by atoms with van der Waals surface area (Å²) < 4.78 is 0. The molecular weight excluding hydrogens is 482 g/mol. The van der Waals surface area contributed by atoms with Crippen LogP contribution < -0.4 is 33.2 Å². The number of carboxylic acid groups (broad SMARTS) is 1. The minimum atomic E-state index is -1.21. The Hall–Kier alpha value is -3.97. The molecule has 3 atom stereocenters. The van der Waals surface area contributed by atoms with Crippen molar-refractivity contribution in [2.45, 2.75) is 56.7 Å². The summed E-state index contributed by atoms with van der Waals surface area (Å²) in [5.41, 5.74) is 17.5. The number of nitrogens with one attached hydrogen (secondary N) is 4. The second-order valence-electron chi connectivity index (χ2n) is 8.64. The average molecular weight is 518 g/mol. The average Bonchev–Trinajstić information content (AvgIpc) is 3.27. The third kappa shape index (κ3) is 9.20. The number of unbranched alkanes of at least 4 members (excludes halogenated alkanes) is 1. The zero-order valence-electron chi connectivity index (χ0n) is 20.5. The van der Waals surface area contributed by atoms with Gasteiger partial charge in [0, 0.05) is 29.9 Å². The lowest BCUT2D eigenvalue weighted by molar-refractivity contribution is -0.142. The number of rotatable bonds is 16. The van der Waals surface area contributed by atoms with Gasteiger partial charge in [-0.2, -0.15) is 0 Å². The molecule has 0 aliphatic heterocycles. The predicted octanol–water partition coefficient (Wildman–Crippen LogP) is -1.40. The minimum Gasteiger partial charge on any atom is -0.480 e. The molecule has 0 saturated carbocycles. The van der Waals surface area contributed by atoms with Crippen LogP contribution in [0.15, 0.2) is 30.5 Å². The SMILES string of the molecule is NCCCCC(NC(=O)C(Cc1c[nH]c2ccccc12)NC(=O)C(CCC(N)=O)NC(=O)CN)C(=O)O. The molecule has 1 aromatic heterocycles. The van der Waals surface area contributed by atoms with Crippen LogP contribution in [0.5, 0.6) is 0 Å². The number of nitrogens with two attached hydrogens (primary N) is 3. The molecule has 0 aliphatic rings. The largest absolute Gasteiger partial charge is 0.480 e. The number of para-hydroxylation sites is 1. The number of primary amides is 1. The maximum atomic E-state index is 13.3. The number of aromatic nitrogens is 1. The molecule has 2 rings (SSSR count). The maximum Gasteiger partial charge on any atom is 0.326 e. The summed E-state index contributed by atoms with van der Waals surface area (Å²) in [7, 11) is 0. The van der Waals surface area contributed by atoms with E-state index in [1.54, 1.807) is 6.20 Å². The molecule has 13 heteroatoms. The van der Waals surface area contributed by atoms with Crippen molar-refractivity contribution in [1.29, 1.82) is 0 Å². The van der Waals surface area contributed by atoms with Gasteiger partial charge in [0.1, 0.15) is 18.1 Å². The van der Waals surface area contributed by atoms with Crippen LogP contribution in [-0.2, 0) is 30.4 Å². The Morgan fingerprint density at radius 2 is 1.57 bits per heavy atom. The monoisotopic (exact) mass is 517 g/mol. The van der Waals surface area contributed by atoms with E-state index in [1.165, 1.54) is 0 Å². The Bertz CT molecular complexity index is 1100. The summed E-state index contributed by atoms with van der Waals surface area (Å²) in [5, 5.41) is 17.9. The molecule has 0 saturated heterocycles. The molecule has 0 radical (unpaired) electrons. The van der Waals surface area contributed by atoms with E-state index in [0.717, 1.165) is 10.9 Å². The van der Waals surface area contributed by atoms with Gasteiger partial charge in [-0.15, -0.1) is 0 Å². The molecule has 0 aliphatic carbocycles. The second kappa shape index (κ2) is 14.6. The van der Waals surface area contributed by atoms with Gasteiger partial charge in [-0.05, 0) is 43.9 Å². The standard InChI is InChI=1S/C24H35N7O6/c25-10-4-3-7-18(24(36)37)30-23(35)19(11-14-13-28-16-6-2-1-5-15(14)16)31-22(34)17(8-9-20(27)32)29-21(33)12-26/h1-2,5-6,13,17-19,28H,3-4,7-12,25-26H2,(H2,27,32)(H,29,33)(H,30,35)(H,31,34)(H,36,37). The number of benzene rings is 1. The summed E-state index contributed by atoms with van der Waals surface area (Å²) in [4.78, 5) is 64.3. The molecule has 1 aromatic carbocycles. The van der Waals surface area contributed by atoms with Crippen molar-refractivity contribution in [3.8, 4) is 0 Å². The fourth-order valence-corrected chi connectivity index (χ4v) is 3.83. The molecule has 202 valence electrons. The highest BCUT2D eigenvalue weighted by Gasteiger charge is 2.30. The van der Waals surface area contributed by atoms with E-state index in [-0.39, 0.29) is 32.2 Å². The first-order valence-electron chi connectivity index (χ1n) is 12.0. The van der Waals surface area contributed by atoms with Crippen molar-refractivity contribution in [3.63, 3.8) is 0 Å². The topological polar surface area (TPSA) is 236 Å². The van der Waals surface area contributed by atoms with E-state index in [1.807, 2.05) is 24.3 Å². The van der Waals surface area contributed by atoms with Crippen LogP contribution in [0.4, 0.5) is 0 Å². The van der Waals surface area contributed by atoms with Crippen LogP contribution in [0, 0.1) is 0 Å². The van der Waals surface area contributed by atoms with E-state index in [2.05, 4.69) is 20.9 Å². The van der Waals surface area contributed by atoms with E-state index >= 15 is 0 Å². The third-order valence-corrected chi connectivity index (χ3v) is 5.81. The van der Waals surface area contributed by atoms with Gasteiger partial charge in [0.25, 0.3) is 0 Å². The summed E-state index contributed by atoms with van der Waals surface area (Å²) in [6.45, 7) is 0.00341. The number of aliphatic carboxylic acids is 1. The van der Waals surface area contributed by atoms with Gasteiger partial charge in [-0.25, -0.2) is 4.79 Å². The van der Waals surface area contributed by atoms with Crippen LogP contribution >= 0.6 is 0 Å². The normalized spacial score (nSPS) is 13.4. The number of carbonyl (C=O) groups is 5. The number of aromatic amines is 1. The highest BCUT2D eigenvalue weighted by Crippen LogP contribution is 2.19. The first kappa shape index (κ1) is 29.3. The zero-order valence-corrected chi connectivity index (χ0v) is 20.5. The number of carboxylic acids is 1. The Morgan fingerprint density at radius 3 is 2.22 bits per heavy atom. The lowest BCUT2D eigenvalue weighted by Crippen LogP contribution is -2.57. The van der Waals surface area contributed by atoms with Gasteiger partial charge in [-0.1, -0.05) is 18.2 Å². The number of hydrogen-bond donors (Lipinski definition) is 8. The van der Waals surface area contributed by atoms with Crippen LogP contribution in [0.25, 0.3) is 10.9 Å². The van der Waals surface area contributed by atoms with Gasteiger partial charge in [-0.3, -0.25) is 19.2 Å². The highest BCUT2D eigenvalue weighted by atomic mass is 16.4. The molecule has 11 N–H and O–H groups in total. The summed E-state index contributed by atoms with van der Waals surface area (Å²) in [5.74, 6) is -3.96. The van der Waals surface area contributed by atoms with Gasteiger partial charge in [0.05, 0.1) is 6.54 Å². The zero-order chi connectivity index (χ0) is 27.4. The molecule has 0 bridgehead atoms. The molecule has 3 unspecified atom stereocenters. The smallest absolute Gasteiger partial charge is 0.326 e. The van der Waals surface area contributed by atoms with Gasteiger partial charge >= 0.3 is 5.97 Å². The minimum absolute atomic E-state index is 0.0318. The summed E-state index contributed by atoms with van der Waals surface area (Å²) in [6, 6.07) is 3.83. The van der Waals surface area contributed by atoms with Crippen molar-refractivity contribution >= 4 is 40.5 Å². The molecule has 13 nitrogen and oxygen atoms in total. The Morgan fingerprint density at radius 1 is 0.892 bits per heavy atom. The molecule has 0 spiro atoms. The van der Waals surface area contributed by atoms with E-state index < -0.39 is 47.7 Å². The predicted molar refractivity (Wildman–Crippen MR) is 136 cm³/mol. The van der Waals surface area contributed by atoms with Crippen molar-refractivity contribution in [2.24, 2.45) is 17.2 Å². The fraction of sp³-hybridized carbons (Fsp3) is 0.458. The van der Waals surface area contributed by atoms with Crippen LogP contribution in [0.2, 0.25) is 0 Å². The maximum absolute atomic E-state index is 13.3. The summed E-state index contributed by atoms with van der Waals surface area (Å²) in [6.07, 6.45) is 2.69. The number of hydrogen-bond acceptors (Lipinski definition) is 7. The Balaban J connectivity index is 2.29. The molecule has 0 fully saturated rings. The Labute approximate surface area is 213 Å². The molecule has 2 aromatic rings. The number of carbonyl (C=O) groups excluding carboxylic acids is 4. The first-order valence-corrected chi connectivity index (χ1v) is 12.0. The fourth-order valence-electron chi connectivity index (χ4n) is 3.83. The lowest BCUT2D eigenvalue weighted by Gasteiger charge is -2.24. The van der Waals surface area contributed by atoms with Gasteiger partial charge in [0.2, 0.25) is 23.6 Å². The molecular formula is C24H35N7O6. The van der Waals surface area contributed by atoms with E-state index in [9.17, 15) is 29.1 Å². The van der Waals surface area contributed by atoms with Crippen molar-refractivity contribution < 1.29 is 29.1 Å². The summed E-state index contributed by atoms with van der Waals surface area (Å²) >= 11 is 0. The molecule has 4 amide bonds. The lowest BCUT2D eigenvalue weighted by atomic mass is 10.0. The highest BCUT2D eigenvalue weighted by molar-refractivity contribution is 5.94. The van der Waals surface area contributed by atoms with Gasteiger partial charge in [0.15, 0.2) is 0 Å². The second-order valence-corrected chi connectivity index (χ2v) is 8.64. The van der Waals surface area contributed by atoms with Crippen LogP contribution in [0.1, 0.15) is 37.7 Å². The van der Waals surface area contributed by atoms with E-state index in [0.29, 0.717) is 24.9 Å². The van der Waals surface area contributed by atoms with E-state index in [4.69, 9.17) is 17.2 Å². The number of fused-ring (bicyclic) bond motifs is 1. The molecule has 1 heterocycles. The van der Waals surface area contributed by atoms with Gasteiger partial charge < -0.3 is 43.2 Å². The number of H-pyrrole nitrogens is 1. The van der Waals surface area contributed by atoms with Crippen molar-refractivity contribution in [3.05, 3.63) is 36.0 Å². The number of amides is 4. The van der Waals surface area contributed by atoms with Crippen LogP contribution in [-0.4, -0.2) is 70.9 Å².